The standard InChI is InChI=1S/C22H18FN3O4S/c1-14-3-6-17(7-4-14)31(28,29)26-12-10-18-20(9-11-24-22(18)26)30-21-8-5-16(13-19(21)23)25-15(2)27/h3-13H,1-2H3,(H,25,27). The molecule has 2 aromatic heterocycles. The summed E-state index contributed by atoms with van der Waals surface area (Å²) in [5, 5.41) is 2.90. The predicted molar refractivity (Wildman–Crippen MR) is 114 cm³/mol. The number of anilines is 1. The van der Waals surface area contributed by atoms with Crippen LogP contribution in [0.5, 0.6) is 11.5 Å². The van der Waals surface area contributed by atoms with E-state index in [1.165, 1.54) is 49.6 Å². The van der Waals surface area contributed by atoms with Crippen LogP contribution in [-0.2, 0) is 14.8 Å². The lowest BCUT2D eigenvalue weighted by Gasteiger charge is -2.10. The summed E-state index contributed by atoms with van der Waals surface area (Å²) >= 11 is 0. The molecule has 0 unspecified atom stereocenters. The molecule has 0 saturated carbocycles. The molecule has 2 heterocycles. The van der Waals surface area contributed by atoms with Gasteiger partial charge in [0.1, 0.15) is 5.75 Å². The average Bonchev–Trinajstić information content (AvgIpc) is 3.16. The summed E-state index contributed by atoms with van der Waals surface area (Å²) in [6, 6.07) is 13.6. The number of nitrogens with one attached hydrogen (secondary N) is 1. The monoisotopic (exact) mass is 439 g/mol. The summed E-state index contributed by atoms with van der Waals surface area (Å²) in [6.45, 7) is 3.19. The third-order valence-corrected chi connectivity index (χ3v) is 6.24. The molecule has 0 fully saturated rings. The highest BCUT2D eigenvalue weighted by atomic mass is 32.2. The third-order valence-electron chi connectivity index (χ3n) is 4.56. The van der Waals surface area contributed by atoms with Crippen LogP contribution in [0.25, 0.3) is 11.0 Å². The molecule has 7 nitrogen and oxygen atoms in total. The Labute approximate surface area is 178 Å². The van der Waals surface area contributed by atoms with Gasteiger partial charge in [0.15, 0.2) is 17.2 Å². The maximum atomic E-state index is 14.4. The van der Waals surface area contributed by atoms with E-state index in [2.05, 4.69) is 10.3 Å². The molecule has 0 saturated heterocycles. The van der Waals surface area contributed by atoms with Gasteiger partial charge < -0.3 is 10.1 Å². The zero-order valence-electron chi connectivity index (χ0n) is 16.7. The number of carbonyl (C=O) groups excluding carboxylic acids is 1. The molecule has 0 spiro atoms. The van der Waals surface area contributed by atoms with Crippen molar-refractivity contribution in [2.75, 3.05) is 5.32 Å². The van der Waals surface area contributed by atoms with Gasteiger partial charge in [-0.1, -0.05) is 17.7 Å². The number of rotatable bonds is 5. The molecular weight excluding hydrogens is 421 g/mol. The summed E-state index contributed by atoms with van der Waals surface area (Å²) in [4.78, 5) is 15.4. The van der Waals surface area contributed by atoms with Gasteiger partial charge in [0.05, 0.1) is 10.3 Å². The maximum Gasteiger partial charge on any atom is 0.269 e. The number of fused-ring (bicyclic) bond motifs is 1. The largest absolute Gasteiger partial charge is 0.453 e. The summed E-state index contributed by atoms with van der Waals surface area (Å²) in [5.41, 5.74) is 1.40. The second kappa shape index (κ2) is 7.84. The van der Waals surface area contributed by atoms with Gasteiger partial charge in [-0.3, -0.25) is 4.79 Å². The van der Waals surface area contributed by atoms with Crippen molar-refractivity contribution in [3.63, 3.8) is 0 Å². The van der Waals surface area contributed by atoms with Crippen LogP contribution in [0.1, 0.15) is 12.5 Å². The fourth-order valence-electron chi connectivity index (χ4n) is 3.08. The smallest absolute Gasteiger partial charge is 0.269 e. The first-order chi connectivity index (χ1) is 14.8. The van der Waals surface area contributed by atoms with Gasteiger partial charge in [-0.2, -0.15) is 0 Å². The Morgan fingerprint density at radius 3 is 2.48 bits per heavy atom. The molecule has 4 rings (SSSR count). The van der Waals surface area contributed by atoms with E-state index < -0.39 is 15.8 Å². The summed E-state index contributed by atoms with van der Waals surface area (Å²) in [6.07, 6.45) is 2.78. The molecule has 2 aromatic carbocycles. The van der Waals surface area contributed by atoms with Crippen LogP contribution in [0.15, 0.2) is 71.9 Å². The number of carbonyl (C=O) groups is 1. The molecule has 0 atom stereocenters. The number of ether oxygens (including phenoxy) is 1. The van der Waals surface area contributed by atoms with Gasteiger partial charge in [-0.15, -0.1) is 0 Å². The van der Waals surface area contributed by atoms with Crippen LogP contribution in [0.4, 0.5) is 10.1 Å². The van der Waals surface area contributed by atoms with Gasteiger partial charge in [-0.05, 0) is 43.3 Å². The molecule has 0 bridgehead atoms. The fourth-order valence-corrected chi connectivity index (χ4v) is 4.38. The van der Waals surface area contributed by atoms with E-state index in [4.69, 9.17) is 4.74 Å². The van der Waals surface area contributed by atoms with Crippen molar-refractivity contribution in [2.24, 2.45) is 0 Å². The molecule has 9 heteroatoms. The topological polar surface area (TPSA) is 90.3 Å². The maximum absolute atomic E-state index is 14.4. The number of pyridine rings is 1. The number of aryl methyl sites for hydroxylation is 1. The van der Waals surface area contributed by atoms with Crippen LogP contribution in [0.3, 0.4) is 0 Å². The van der Waals surface area contributed by atoms with E-state index in [0.29, 0.717) is 11.1 Å². The van der Waals surface area contributed by atoms with Crippen molar-refractivity contribution < 1.29 is 22.3 Å². The van der Waals surface area contributed by atoms with Crippen molar-refractivity contribution in [2.45, 2.75) is 18.7 Å². The van der Waals surface area contributed by atoms with Gasteiger partial charge in [0.2, 0.25) is 5.91 Å². The average molecular weight is 439 g/mol. The zero-order chi connectivity index (χ0) is 22.2. The minimum absolute atomic E-state index is 0.0734. The van der Waals surface area contributed by atoms with Gasteiger partial charge in [0, 0.05) is 31.1 Å². The quantitative estimate of drug-likeness (QED) is 0.495. The lowest BCUT2D eigenvalue weighted by atomic mass is 10.2. The van der Waals surface area contributed by atoms with Crippen molar-refractivity contribution in [1.82, 2.24) is 8.96 Å². The Hall–Kier alpha value is -3.72. The van der Waals surface area contributed by atoms with E-state index in [1.807, 2.05) is 6.92 Å². The van der Waals surface area contributed by atoms with E-state index in [0.717, 1.165) is 15.6 Å². The highest BCUT2D eigenvalue weighted by Crippen LogP contribution is 2.33. The summed E-state index contributed by atoms with van der Waals surface area (Å²) in [7, 11) is -3.87. The van der Waals surface area contributed by atoms with Gasteiger partial charge in [-0.25, -0.2) is 21.8 Å². The second-order valence-corrected chi connectivity index (χ2v) is 8.72. The number of nitrogens with zero attached hydrogens (tertiary/aromatic N) is 2. The molecule has 0 radical (unpaired) electrons. The van der Waals surface area contributed by atoms with Crippen LogP contribution in [0, 0.1) is 12.7 Å². The molecule has 158 valence electrons. The minimum Gasteiger partial charge on any atom is -0.453 e. The zero-order valence-corrected chi connectivity index (χ0v) is 17.5. The first-order valence-electron chi connectivity index (χ1n) is 9.29. The lowest BCUT2D eigenvalue weighted by Crippen LogP contribution is -2.12. The fraction of sp³-hybridized carbons (Fsp3) is 0.0909. The van der Waals surface area contributed by atoms with Crippen LogP contribution < -0.4 is 10.1 Å². The van der Waals surface area contributed by atoms with Gasteiger partial charge in [0.25, 0.3) is 10.0 Å². The first-order valence-corrected chi connectivity index (χ1v) is 10.7. The summed E-state index contributed by atoms with van der Waals surface area (Å²) in [5.74, 6) is -0.826. The third kappa shape index (κ3) is 3.99. The van der Waals surface area contributed by atoms with E-state index in [9.17, 15) is 17.6 Å². The van der Waals surface area contributed by atoms with Crippen LogP contribution >= 0.6 is 0 Å². The number of aromatic nitrogens is 2. The van der Waals surface area contributed by atoms with Crippen molar-refractivity contribution >= 4 is 32.7 Å². The van der Waals surface area contributed by atoms with Crippen LogP contribution in [-0.4, -0.2) is 23.3 Å². The number of halogens is 1. The molecule has 1 amide bonds. The second-order valence-electron chi connectivity index (χ2n) is 6.90. The molecule has 4 aromatic rings. The van der Waals surface area contributed by atoms with Gasteiger partial charge >= 0.3 is 0 Å². The van der Waals surface area contributed by atoms with Crippen molar-refractivity contribution in [3.8, 4) is 11.5 Å². The predicted octanol–water partition coefficient (Wildman–Crippen LogP) is 4.47. The van der Waals surface area contributed by atoms with E-state index >= 15 is 0 Å². The molecule has 31 heavy (non-hydrogen) atoms. The number of hydrogen-bond donors (Lipinski definition) is 1. The number of hydrogen-bond acceptors (Lipinski definition) is 5. The normalized spacial score (nSPS) is 11.5. The minimum atomic E-state index is -3.87. The molecule has 0 aliphatic carbocycles. The Morgan fingerprint density at radius 2 is 1.81 bits per heavy atom. The van der Waals surface area contributed by atoms with E-state index in [1.54, 1.807) is 18.2 Å². The van der Waals surface area contributed by atoms with E-state index in [-0.39, 0.29) is 27.9 Å². The summed E-state index contributed by atoms with van der Waals surface area (Å²) < 4.78 is 47.3. The Bertz CT molecular complexity index is 1400. The molecule has 1 N–H and O–H groups in total. The van der Waals surface area contributed by atoms with Crippen molar-refractivity contribution in [3.05, 3.63) is 78.4 Å². The SMILES string of the molecule is CC(=O)Nc1ccc(Oc2ccnc3c2ccn3S(=O)(=O)c2ccc(C)cc2)c(F)c1. The molecule has 0 aliphatic rings. The Morgan fingerprint density at radius 1 is 1.06 bits per heavy atom. The van der Waals surface area contributed by atoms with Crippen molar-refractivity contribution in [1.29, 1.82) is 0 Å². The lowest BCUT2D eigenvalue weighted by molar-refractivity contribution is -0.114. The van der Waals surface area contributed by atoms with Crippen LogP contribution in [0.2, 0.25) is 0 Å². The highest BCUT2D eigenvalue weighted by molar-refractivity contribution is 7.90. The highest BCUT2D eigenvalue weighted by Gasteiger charge is 2.21. The first kappa shape index (κ1) is 20.5. The number of benzene rings is 2. The molecular formula is C22H18FN3O4S. The molecule has 0 aliphatic heterocycles. The Kier molecular flexibility index (Phi) is 5.20. The number of amides is 1. The Balaban J connectivity index is 1.71.